The average molecular weight is 442 g/mol. The van der Waals surface area contributed by atoms with E-state index in [1.165, 1.54) is 12.7 Å². The zero-order valence-corrected chi connectivity index (χ0v) is 19.0. The van der Waals surface area contributed by atoms with Gasteiger partial charge in [-0.05, 0) is 56.8 Å². The summed E-state index contributed by atoms with van der Waals surface area (Å²) >= 11 is 0. The van der Waals surface area contributed by atoms with Crippen molar-refractivity contribution >= 4 is 16.0 Å². The molecule has 0 amide bonds. The lowest BCUT2D eigenvalue weighted by Crippen LogP contribution is -2.47. The molecule has 0 saturated carbocycles. The van der Waals surface area contributed by atoms with Crippen molar-refractivity contribution < 1.29 is 17.9 Å². The summed E-state index contributed by atoms with van der Waals surface area (Å²) in [4.78, 5) is 2.37. The average Bonchev–Trinajstić information content (AvgIpc) is 3.12. The number of piperidine rings is 1. The quantitative estimate of drug-likeness (QED) is 0.717. The highest BCUT2D eigenvalue weighted by Crippen LogP contribution is 2.40. The Morgan fingerprint density at radius 3 is 2.53 bits per heavy atom. The van der Waals surface area contributed by atoms with Crippen LogP contribution in [0.15, 0.2) is 0 Å². The van der Waals surface area contributed by atoms with Gasteiger partial charge in [0.25, 0.3) is 0 Å². The van der Waals surface area contributed by atoms with Gasteiger partial charge in [-0.1, -0.05) is 0 Å². The van der Waals surface area contributed by atoms with Gasteiger partial charge in [0.15, 0.2) is 5.82 Å². The molecule has 3 fully saturated rings. The van der Waals surface area contributed by atoms with Crippen LogP contribution in [0, 0.1) is 11.3 Å². The van der Waals surface area contributed by atoms with Crippen LogP contribution in [0.3, 0.4) is 0 Å². The third kappa shape index (κ3) is 5.15. The van der Waals surface area contributed by atoms with E-state index < -0.39 is 16.1 Å². The molecule has 3 aliphatic rings. The molecule has 3 saturated heterocycles. The number of sulfonamides is 1. The van der Waals surface area contributed by atoms with Gasteiger partial charge >= 0.3 is 0 Å². The van der Waals surface area contributed by atoms with Crippen LogP contribution in [0.2, 0.25) is 0 Å². The largest absolute Gasteiger partial charge is 0.381 e. The number of aromatic nitrogens is 3. The SMILES string of the molecule is CC(NS(C)(=O)=O)c1nnc(N2CCCC3(CCOCC3)C2)n1CC1CCOCC1. The lowest BCUT2D eigenvalue weighted by Gasteiger charge is -2.45. The summed E-state index contributed by atoms with van der Waals surface area (Å²) in [6.07, 6.45) is 7.75. The van der Waals surface area contributed by atoms with Gasteiger partial charge in [-0.3, -0.25) is 4.57 Å². The Morgan fingerprint density at radius 1 is 1.13 bits per heavy atom. The van der Waals surface area contributed by atoms with Gasteiger partial charge in [-0.2, -0.15) is 0 Å². The maximum absolute atomic E-state index is 11.8. The first-order valence-corrected chi connectivity index (χ1v) is 13.1. The van der Waals surface area contributed by atoms with Crippen LogP contribution in [0.4, 0.5) is 5.95 Å². The van der Waals surface area contributed by atoms with E-state index >= 15 is 0 Å². The van der Waals surface area contributed by atoms with E-state index in [9.17, 15) is 8.42 Å². The van der Waals surface area contributed by atoms with Crippen molar-refractivity contribution in [2.24, 2.45) is 11.3 Å². The molecule has 1 unspecified atom stereocenters. The van der Waals surface area contributed by atoms with Gasteiger partial charge in [0.2, 0.25) is 16.0 Å². The number of hydrogen-bond donors (Lipinski definition) is 1. The van der Waals surface area contributed by atoms with Gasteiger partial charge in [-0.25, -0.2) is 13.1 Å². The Labute approximate surface area is 179 Å². The molecular formula is C20H35N5O4S. The molecule has 1 N–H and O–H groups in total. The third-order valence-electron chi connectivity index (χ3n) is 6.82. The maximum Gasteiger partial charge on any atom is 0.227 e. The van der Waals surface area contributed by atoms with Crippen LogP contribution in [0.25, 0.3) is 0 Å². The normalized spacial score (nSPS) is 24.3. The molecule has 10 heteroatoms. The van der Waals surface area contributed by atoms with E-state index in [0.29, 0.717) is 17.2 Å². The zero-order chi connectivity index (χ0) is 21.2. The molecule has 9 nitrogen and oxygen atoms in total. The fourth-order valence-electron chi connectivity index (χ4n) is 5.19. The van der Waals surface area contributed by atoms with Gasteiger partial charge < -0.3 is 14.4 Å². The van der Waals surface area contributed by atoms with Crippen LogP contribution < -0.4 is 9.62 Å². The molecule has 30 heavy (non-hydrogen) atoms. The zero-order valence-electron chi connectivity index (χ0n) is 18.2. The highest BCUT2D eigenvalue weighted by Gasteiger charge is 2.39. The Morgan fingerprint density at radius 2 is 1.83 bits per heavy atom. The summed E-state index contributed by atoms with van der Waals surface area (Å²) in [7, 11) is -3.34. The second-order valence-electron chi connectivity index (χ2n) is 9.27. The summed E-state index contributed by atoms with van der Waals surface area (Å²) < 4.78 is 39.6. The van der Waals surface area contributed by atoms with Crippen LogP contribution >= 0.6 is 0 Å². The standard InChI is InChI=1S/C20H35N5O4S/c1-16(23-30(2,26)27)18-21-22-19(25(18)14-17-4-10-28-11-5-17)24-9-3-6-20(15-24)7-12-29-13-8-20/h16-17,23H,3-15H2,1-2H3. The number of nitrogens with one attached hydrogen (secondary N) is 1. The predicted octanol–water partition coefficient (Wildman–Crippen LogP) is 1.71. The topological polar surface area (TPSA) is 98.6 Å². The number of anilines is 1. The van der Waals surface area contributed by atoms with Crippen LogP contribution in [0.1, 0.15) is 57.3 Å². The van der Waals surface area contributed by atoms with E-state index in [2.05, 4.69) is 24.4 Å². The smallest absolute Gasteiger partial charge is 0.227 e. The summed E-state index contributed by atoms with van der Waals surface area (Å²) in [6, 6.07) is -0.428. The van der Waals surface area contributed by atoms with Crippen molar-refractivity contribution in [2.45, 2.75) is 58.0 Å². The molecule has 1 spiro atoms. The molecule has 4 heterocycles. The Balaban J connectivity index is 1.61. The van der Waals surface area contributed by atoms with Crippen LogP contribution in [-0.2, 0) is 26.0 Å². The number of nitrogens with zero attached hydrogens (tertiary/aromatic N) is 4. The molecule has 1 aromatic rings. The Bertz CT molecular complexity index is 810. The van der Waals surface area contributed by atoms with E-state index in [4.69, 9.17) is 9.47 Å². The summed E-state index contributed by atoms with van der Waals surface area (Å²) in [5.74, 6) is 2.05. The minimum atomic E-state index is -3.34. The van der Waals surface area contributed by atoms with E-state index in [-0.39, 0.29) is 0 Å². The molecule has 3 aliphatic heterocycles. The first-order valence-electron chi connectivity index (χ1n) is 11.2. The molecule has 0 bridgehead atoms. The third-order valence-corrected chi connectivity index (χ3v) is 7.60. The van der Waals surface area contributed by atoms with Gasteiger partial charge in [0.05, 0.1) is 12.3 Å². The first-order chi connectivity index (χ1) is 14.4. The Kier molecular flexibility index (Phi) is 6.67. The minimum absolute atomic E-state index is 0.294. The van der Waals surface area contributed by atoms with Crippen LogP contribution in [-0.4, -0.2) is 69.0 Å². The Hall–Kier alpha value is -1.23. The number of hydrogen-bond acceptors (Lipinski definition) is 7. The molecule has 1 aromatic heterocycles. The summed E-state index contributed by atoms with van der Waals surface area (Å²) in [5.41, 5.74) is 0.294. The second kappa shape index (κ2) is 9.10. The van der Waals surface area contributed by atoms with Gasteiger partial charge in [0.1, 0.15) is 0 Å². The van der Waals surface area contributed by atoms with Gasteiger partial charge in [-0.15, -0.1) is 10.2 Å². The lowest BCUT2D eigenvalue weighted by atomic mass is 9.74. The van der Waals surface area contributed by atoms with E-state index in [1.54, 1.807) is 0 Å². The van der Waals surface area contributed by atoms with Gasteiger partial charge in [0, 0.05) is 46.1 Å². The number of rotatable bonds is 6. The van der Waals surface area contributed by atoms with Crippen molar-refractivity contribution in [3.05, 3.63) is 5.82 Å². The molecule has 0 radical (unpaired) electrons. The van der Waals surface area contributed by atoms with Crippen molar-refractivity contribution in [1.29, 1.82) is 0 Å². The molecule has 170 valence electrons. The maximum atomic E-state index is 11.8. The highest BCUT2D eigenvalue weighted by molar-refractivity contribution is 7.88. The second-order valence-corrected chi connectivity index (χ2v) is 11.1. The fourth-order valence-corrected chi connectivity index (χ4v) is 5.94. The van der Waals surface area contributed by atoms with Crippen molar-refractivity contribution in [2.75, 3.05) is 50.7 Å². The van der Waals surface area contributed by atoms with E-state index in [1.807, 2.05) is 6.92 Å². The molecule has 0 aliphatic carbocycles. The molecule has 4 rings (SSSR count). The minimum Gasteiger partial charge on any atom is -0.381 e. The first kappa shape index (κ1) is 22.0. The van der Waals surface area contributed by atoms with Crippen molar-refractivity contribution in [3.8, 4) is 0 Å². The van der Waals surface area contributed by atoms with Crippen molar-refractivity contribution in [3.63, 3.8) is 0 Å². The molecule has 1 atom stereocenters. The lowest BCUT2D eigenvalue weighted by molar-refractivity contribution is 0.00720. The molecule has 0 aromatic carbocycles. The summed E-state index contributed by atoms with van der Waals surface area (Å²) in [6.45, 7) is 7.79. The predicted molar refractivity (Wildman–Crippen MR) is 114 cm³/mol. The van der Waals surface area contributed by atoms with Crippen LogP contribution in [0.5, 0.6) is 0 Å². The fraction of sp³-hybridized carbons (Fsp3) is 0.900. The van der Waals surface area contributed by atoms with E-state index in [0.717, 1.165) is 84.1 Å². The monoisotopic (exact) mass is 441 g/mol. The summed E-state index contributed by atoms with van der Waals surface area (Å²) in [5, 5.41) is 9.04. The molecular weight excluding hydrogens is 406 g/mol. The van der Waals surface area contributed by atoms with Crippen molar-refractivity contribution in [1.82, 2.24) is 19.5 Å². The number of ether oxygens (including phenoxy) is 2. The highest BCUT2D eigenvalue weighted by atomic mass is 32.2.